The number of imide groups is 1. The molecular formula is C16H11BrN2O3S. The zero-order valence-corrected chi connectivity index (χ0v) is 14.3. The molecule has 1 saturated heterocycles. The zero-order valence-electron chi connectivity index (χ0n) is 11.9. The third-order valence-electron chi connectivity index (χ3n) is 3.95. The molecule has 3 heterocycles. The van der Waals surface area contributed by atoms with Crippen molar-refractivity contribution in [1.82, 2.24) is 0 Å². The maximum atomic E-state index is 12.8. The van der Waals surface area contributed by atoms with Gasteiger partial charge in [0.15, 0.2) is 0 Å². The fraction of sp³-hybridized carbons (Fsp3) is 0.188. The number of nitrogens with zero attached hydrogens (tertiary/aromatic N) is 2. The van der Waals surface area contributed by atoms with Crippen LogP contribution in [0.5, 0.6) is 0 Å². The molecule has 0 saturated carbocycles. The van der Waals surface area contributed by atoms with Crippen LogP contribution in [0.4, 0.5) is 5.69 Å². The molecule has 0 bridgehead atoms. The summed E-state index contributed by atoms with van der Waals surface area (Å²) in [6.07, 6.45) is 0.339. The number of amides is 2. The minimum atomic E-state index is -1.19. The first kappa shape index (κ1) is 14.6. The number of halogens is 1. The van der Waals surface area contributed by atoms with E-state index in [1.807, 2.05) is 17.5 Å². The van der Waals surface area contributed by atoms with Gasteiger partial charge in [0.25, 0.3) is 5.91 Å². The summed E-state index contributed by atoms with van der Waals surface area (Å²) in [7, 11) is 0. The van der Waals surface area contributed by atoms with Crippen molar-refractivity contribution >= 4 is 50.5 Å². The molecule has 23 heavy (non-hydrogen) atoms. The third-order valence-corrected chi connectivity index (χ3v) is 5.40. The predicted octanol–water partition coefficient (Wildman–Crippen LogP) is 3.34. The summed E-state index contributed by atoms with van der Waals surface area (Å²) in [4.78, 5) is 32.9. The second-order valence-corrected chi connectivity index (χ2v) is 7.33. The van der Waals surface area contributed by atoms with Crippen molar-refractivity contribution in [2.45, 2.75) is 18.4 Å². The number of carbonyl (C=O) groups is 2. The molecule has 7 heteroatoms. The van der Waals surface area contributed by atoms with Crippen molar-refractivity contribution in [2.24, 2.45) is 5.16 Å². The Hall–Kier alpha value is -1.99. The summed E-state index contributed by atoms with van der Waals surface area (Å²) >= 11 is 4.88. The van der Waals surface area contributed by atoms with Gasteiger partial charge in [0.2, 0.25) is 11.5 Å². The van der Waals surface area contributed by atoms with Crippen molar-refractivity contribution in [1.29, 1.82) is 0 Å². The fourth-order valence-corrected chi connectivity index (χ4v) is 3.80. The molecular weight excluding hydrogens is 380 g/mol. The van der Waals surface area contributed by atoms with Crippen molar-refractivity contribution in [3.8, 4) is 0 Å². The molecule has 2 aromatic rings. The lowest BCUT2D eigenvalue weighted by Gasteiger charge is -2.19. The van der Waals surface area contributed by atoms with Gasteiger partial charge in [-0.2, -0.15) is 0 Å². The molecule has 116 valence electrons. The summed E-state index contributed by atoms with van der Waals surface area (Å²) in [5.41, 5.74) is 0.0794. The van der Waals surface area contributed by atoms with Gasteiger partial charge in [-0.15, -0.1) is 11.3 Å². The summed E-state index contributed by atoms with van der Waals surface area (Å²) in [6, 6.07) is 10.9. The summed E-state index contributed by atoms with van der Waals surface area (Å²) in [5.74, 6) is -0.611. The highest BCUT2D eigenvalue weighted by Gasteiger charge is 2.58. The van der Waals surface area contributed by atoms with Gasteiger partial charge in [-0.05, 0) is 35.7 Å². The van der Waals surface area contributed by atoms with E-state index in [0.29, 0.717) is 12.1 Å². The van der Waals surface area contributed by atoms with Crippen LogP contribution in [-0.4, -0.2) is 23.1 Å². The van der Waals surface area contributed by atoms with Gasteiger partial charge in [-0.1, -0.05) is 27.2 Å². The van der Waals surface area contributed by atoms with Crippen LogP contribution in [0, 0.1) is 0 Å². The van der Waals surface area contributed by atoms with Crippen molar-refractivity contribution < 1.29 is 14.4 Å². The topological polar surface area (TPSA) is 59.0 Å². The van der Waals surface area contributed by atoms with E-state index >= 15 is 0 Å². The Labute approximate surface area is 144 Å². The molecule has 2 amide bonds. The molecule has 1 aromatic heterocycles. The first-order valence-electron chi connectivity index (χ1n) is 7.01. The largest absolute Gasteiger partial charge is 0.378 e. The van der Waals surface area contributed by atoms with Gasteiger partial charge in [-0.3, -0.25) is 9.59 Å². The predicted molar refractivity (Wildman–Crippen MR) is 90.5 cm³/mol. The average molecular weight is 391 g/mol. The molecule has 0 aliphatic carbocycles. The smallest absolute Gasteiger partial charge is 0.281 e. The number of hydrogen-bond acceptors (Lipinski definition) is 5. The molecule has 4 rings (SSSR count). The van der Waals surface area contributed by atoms with E-state index in [4.69, 9.17) is 4.84 Å². The zero-order chi connectivity index (χ0) is 16.0. The molecule has 2 aliphatic rings. The van der Waals surface area contributed by atoms with Crippen LogP contribution in [0.2, 0.25) is 0 Å². The Morgan fingerprint density at radius 2 is 1.96 bits per heavy atom. The maximum Gasteiger partial charge on any atom is 0.281 e. The Bertz CT molecular complexity index is 816. The van der Waals surface area contributed by atoms with Gasteiger partial charge in [-0.25, -0.2) is 4.90 Å². The lowest BCUT2D eigenvalue weighted by atomic mass is 9.95. The van der Waals surface area contributed by atoms with Crippen molar-refractivity contribution in [2.75, 3.05) is 4.90 Å². The van der Waals surface area contributed by atoms with E-state index in [-0.39, 0.29) is 18.2 Å². The standard InChI is InChI=1S/C16H11BrN2O3S/c17-10-3-5-11(6-4-10)19-14(20)9-16(15(19)21)8-12(18-22-16)13-2-1-7-23-13/h1-7H,8-9H2. The summed E-state index contributed by atoms with van der Waals surface area (Å²) in [6.45, 7) is 0. The average Bonchev–Trinajstić information content (AvgIpc) is 3.23. The molecule has 0 radical (unpaired) electrons. The fourth-order valence-electron chi connectivity index (χ4n) is 2.83. The Kier molecular flexibility index (Phi) is 3.35. The number of hydrogen-bond donors (Lipinski definition) is 0. The highest BCUT2D eigenvalue weighted by atomic mass is 79.9. The quantitative estimate of drug-likeness (QED) is 0.738. The second-order valence-electron chi connectivity index (χ2n) is 5.47. The second kappa shape index (κ2) is 5.28. The SMILES string of the molecule is O=C1CC2(CC(c3cccs3)=NO2)C(=O)N1c1ccc(Br)cc1. The van der Waals surface area contributed by atoms with Crippen LogP contribution in [0.1, 0.15) is 17.7 Å². The number of thiophene rings is 1. The van der Waals surface area contributed by atoms with Crippen LogP contribution in [0.3, 0.4) is 0 Å². The lowest BCUT2D eigenvalue weighted by molar-refractivity contribution is -0.136. The number of rotatable bonds is 2. The maximum absolute atomic E-state index is 12.8. The van der Waals surface area contributed by atoms with Crippen LogP contribution >= 0.6 is 27.3 Å². The Morgan fingerprint density at radius 3 is 2.65 bits per heavy atom. The molecule has 1 spiro atoms. The van der Waals surface area contributed by atoms with Gasteiger partial charge < -0.3 is 4.84 Å². The van der Waals surface area contributed by atoms with Gasteiger partial charge in [0.05, 0.1) is 17.0 Å². The van der Waals surface area contributed by atoms with Gasteiger partial charge >= 0.3 is 0 Å². The molecule has 1 atom stereocenters. The van der Waals surface area contributed by atoms with E-state index in [9.17, 15) is 9.59 Å². The van der Waals surface area contributed by atoms with E-state index < -0.39 is 5.60 Å². The molecule has 1 aromatic carbocycles. The molecule has 2 aliphatic heterocycles. The van der Waals surface area contributed by atoms with Crippen molar-refractivity contribution in [3.63, 3.8) is 0 Å². The molecule has 1 unspecified atom stereocenters. The number of benzene rings is 1. The van der Waals surface area contributed by atoms with E-state index in [0.717, 1.165) is 15.1 Å². The molecule has 5 nitrogen and oxygen atoms in total. The van der Waals surface area contributed by atoms with Crippen LogP contribution < -0.4 is 4.90 Å². The minimum absolute atomic E-state index is 0.0142. The van der Waals surface area contributed by atoms with Crippen LogP contribution in [0.25, 0.3) is 0 Å². The van der Waals surface area contributed by atoms with Crippen LogP contribution in [0.15, 0.2) is 51.4 Å². The summed E-state index contributed by atoms with van der Waals surface area (Å²) in [5, 5.41) is 6.00. The third kappa shape index (κ3) is 2.31. The first-order chi connectivity index (χ1) is 11.1. The van der Waals surface area contributed by atoms with E-state index in [1.54, 1.807) is 24.3 Å². The van der Waals surface area contributed by atoms with E-state index in [2.05, 4.69) is 21.1 Å². The number of oxime groups is 1. The number of anilines is 1. The Morgan fingerprint density at radius 1 is 1.17 bits per heavy atom. The number of carbonyl (C=O) groups excluding carboxylic acids is 2. The highest BCUT2D eigenvalue weighted by molar-refractivity contribution is 9.10. The van der Waals surface area contributed by atoms with Crippen molar-refractivity contribution in [3.05, 3.63) is 51.1 Å². The monoisotopic (exact) mass is 390 g/mol. The minimum Gasteiger partial charge on any atom is -0.378 e. The Balaban J connectivity index is 1.62. The van der Waals surface area contributed by atoms with E-state index in [1.165, 1.54) is 16.2 Å². The highest BCUT2D eigenvalue weighted by Crippen LogP contribution is 2.39. The molecule has 1 fully saturated rings. The van der Waals surface area contributed by atoms with Gasteiger partial charge in [0.1, 0.15) is 5.71 Å². The molecule has 0 N–H and O–H groups in total. The van der Waals surface area contributed by atoms with Crippen LogP contribution in [-0.2, 0) is 14.4 Å². The normalized spacial score (nSPS) is 23.5. The lowest BCUT2D eigenvalue weighted by Crippen LogP contribution is -2.40. The summed E-state index contributed by atoms with van der Waals surface area (Å²) < 4.78 is 0.885. The van der Waals surface area contributed by atoms with Gasteiger partial charge in [0, 0.05) is 10.9 Å². The first-order valence-corrected chi connectivity index (χ1v) is 8.68.